The number of hydrogen-bond donors (Lipinski definition) is 1. The van der Waals surface area contributed by atoms with Crippen LogP contribution in [0.2, 0.25) is 0 Å². The fourth-order valence-corrected chi connectivity index (χ4v) is 5.10. The van der Waals surface area contributed by atoms with E-state index in [4.69, 9.17) is 23.1 Å². The topological polar surface area (TPSA) is 144 Å². The van der Waals surface area contributed by atoms with Crippen molar-refractivity contribution < 1.29 is 45.9 Å². The molecule has 2 unspecified atom stereocenters. The maximum Gasteiger partial charge on any atom is 0.408 e. The SMILES string of the molecule is Cc1ccc(S(=O)(=O)OCCOc2ccc(CCC(CC(NC(=O)OC(C)(C)C)C(=O)OC(C)(C)C)C(=O)OC(C)(C)C)cc2)cc1. The molecule has 12 heteroatoms. The molecule has 262 valence electrons. The Morgan fingerprint density at radius 1 is 0.723 bits per heavy atom. The van der Waals surface area contributed by atoms with Crippen LogP contribution in [0.1, 0.15) is 86.3 Å². The molecule has 0 aliphatic rings. The number of benzene rings is 2. The maximum atomic E-state index is 13.3. The zero-order valence-electron chi connectivity index (χ0n) is 29.3. The number of aryl methyl sites for hydroxylation is 2. The van der Waals surface area contributed by atoms with Crippen LogP contribution in [0.15, 0.2) is 53.4 Å². The van der Waals surface area contributed by atoms with Crippen LogP contribution in [-0.4, -0.2) is 62.5 Å². The van der Waals surface area contributed by atoms with Crippen LogP contribution in [0, 0.1) is 12.8 Å². The maximum absolute atomic E-state index is 13.3. The van der Waals surface area contributed by atoms with E-state index < -0.39 is 56.9 Å². The molecule has 2 rings (SSSR count). The van der Waals surface area contributed by atoms with Crippen LogP contribution in [0.3, 0.4) is 0 Å². The van der Waals surface area contributed by atoms with Crippen LogP contribution in [0.25, 0.3) is 0 Å². The lowest BCUT2D eigenvalue weighted by atomic mass is 9.92. The first-order valence-electron chi connectivity index (χ1n) is 15.7. The van der Waals surface area contributed by atoms with E-state index in [1.165, 1.54) is 12.1 Å². The second-order valence-corrected chi connectivity index (χ2v) is 15.9. The average molecular weight is 678 g/mol. The lowest BCUT2D eigenvalue weighted by Gasteiger charge is -2.29. The number of hydrogen-bond acceptors (Lipinski definition) is 10. The largest absolute Gasteiger partial charge is 0.491 e. The van der Waals surface area contributed by atoms with Crippen molar-refractivity contribution in [3.8, 4) is 5.75 Å². The fraction of sp³-hybridized carbons (Fsp3) is 0.571. The van der Waals surface area contributed by atoms with Gasteiger partial charge in [-0.2, -0.15) is 8.42 Å². The zero-order chi connectivity index (χ0) is 35.6. The highest BCUT2D eigenvalue weighted by Gasteiger charge is 2.35. The normalized spacial score (nSPS) is 13.7. The minimum atomic E-state index is -3.89. The second-order valence-electron chi connectivity index (χ2n) is 14.3. The van der Waals surface area contributed by atoms with E-state index in [-0.39, 0.29) is 24.5 Å². The predicted octanol–water partition coefficient (Wildman–Crippen LogP) is 6.29. The molecule has 0 saturated heterocycles. The zero-order valence-corrected chi connectivity index (χ0v) is 30.1. The van der Waals surface area contributed by atoms with Crippen molar-refractivity contribution in [1.82, 2.24) is 5.32 Å². The number of esters is 2. The highest BCUT2D eigenvalue weighted by molar-refractivity contribution is 7.86. The highest BCUT2D eigenvalue weighted by atomic mass is 32.2. The summed E-state index contributed by atoms with van der Waals surface area (Å²) in [7, 11) is -3.89. The van der Waals surface area contributed by atoms with Gasteiger partial charge in [-0.1, -0.05) is 29.8 Å². The molecule has 0 fully saturated rings. The molecule has 2 aromatic carbocycles. The van der Waals surface area contributed by atoms with Crippen molar-refractivity contribution in [2.24, 2.45) is 5.92 Å². The Kier molecular flexibility index (Phi) is 13.8. The van der Waals surface area contributed by atoms with Crippen molar-refractivity contribution in [2.45, 2.75) is 116 Å². The van der Waals surface area contributed by atoms with E-state index in [9.17, 15) is 22.8 Å². The Morgan fingerprint density at radius 3 is 1.79 bits per heavy atom. The van der Waals surface area contributed by atoms with Crippen LogP contribution < -0.4 is 10.1 Å². The van der Waals surface area contributed by atoms with Gasteiger partial charge in [0.15, 0.2) is 0 Å². The molecule has 0 aliphatic heterocycles. The molecule has 1 amide bonds. The quantitative estimate of drug-likeness (QED) is 0.105. The standard InChI is InChI=1S/C35H51NO10S/c1-24-11-19-28(20-12-24)47(40,41)43-22-21-42-27-17-14-25(15-18-27)13-16-26(30(37)44-33(2,3)4)23-29(31(38)45-34(5,6)7)36-32(39)46-35(8,9)10/h11-12,14-15,17-20,26,29H,13,16,21-23H2,1-10H3,(H,36,39). The average Bonchev–Trinajstić information content (AvgIpc) is 2.90. The number of nitrogens with one attached hydrogen (secondary N) is 1. The fourth-order valence-electron chi connectivity index (χ4n) is 4.21. The number of amides is 1. The Balaban J connectivity index is 2.08. The number of ether oxygens (including phenoxy) is 4. The Labute approximate surface area is 279 Å². The van der Waals surface area contributed by atoms with Gasteiger partial charge in [-0.15, -0.1) is 0 Å². The van der Waals surface area contributed by atoms with Crippen LogP contribution in [-0.2, 0) is 44.5 Å². The van der Waals surface area contributed by atoms with Crippen molar-refractivity contribution in [1.29, 1.82) is 0 Å². The molecular weight excluding hydrogens is 626 g/mol. The molecule has 0 radical (unpaired) electrons. The van der Waals surface area contributed by atoms with Gasteiger partial charge >= 0.3 is 18.0 Å². The van der Waals surface area contributed by atoms with Gasteiger partial charge in [0.2, 0.25) is 0 Å². The Morgan fingerprint density at radius 2 is 1.26 bits per heavy atom. The first-order chi connectivity index (χ1) is 21.5. The molecule has 0 aromatic heterocycles. The van der Waals surface area contributed by atoms with Gasteiger partial charge in [0.25, 0.3) is 10.1 Å². The summed E-state index contributed by atoms with van der Waals surface area (Å²) < 4.78 is 52.1. The van der Waals surface area contributed by atoms with Gasteiger partial charge in [-0.25, -0.2) is 9.59 Å². The molecule has 0 heterocycles. The van der Waals surface area contributed by atoms with E-state index in [2.05, 4.69) is 5.32 Å². The summed E-state index contributed by atoms with van der Waals surface area (Å²) in [5.74, 6) is -1.43. The smallest absolute Gasteiger partial charge is 0.408 e. The summed E-state index contributed by atoms with van der Waals surface area (Å²) in [5, 5.41) is 2.59. The van der Waals surface area contributed by atoms with E-state index in [0.29, 0.717) is 18.6 Å². The highest BCUT2D eigenvalue weighted by Crippen LogP contribution is 2.24. The minimum Gasteiger partial charge on any atom is -0.491 e. The van der Waals surface area contributed by atoms with Crippen LogP contribution >= 0.6 is 0 Å². The van der Waals surface area contributed by atoms with Crippen molar-refractivity contribution in [3.05, 3.63) is 59.7 Å². The van der Waals surface area contributed by atoms with Gasteiger partial charge in [-0.05, 0) is 118 Å². The molecule has 2 atom stereocenters. The minimum absolute atomic E-state index is 0.0157. The molecule has 47 heavy (non-hydrogen) atoms. The van der Waals surface area contributed by atoms with Crippen LogP contribution in [0.5, 0.6) is 5.75 Å². The van der Waals surface area contributed by atoms with Crippen molar-refractivity contribution >= 4 is 28.1 Å². The third-order valence-electron chi connectivity index (χ3n) is 6.25. The van der Waals surface area contributed by atoms with Crippen molar-refractivity contribution in [2.75, 3.05) is 13.2 Å². The first kappa shape index (κ1) is 39.5. The number of carbonyl (C=O) groups excluding carboxylic acids is 3. The molecule has 1 N–H and O–H groups in total. The molecule has 0 aliphatic carbocycles. The van der Waals surface area contributed by atoms with E-state index in [1.54, 1.807) is 86.6 Å². The molecule has 0 saturated carbocycles. The first-order valence-corrected chi connectivity index (χ1v) is 17.1. The lowest BCUT2D eigenvalue weighted by Crippen LogP contribution is -2.47. The van der Waals surface area contributed by atoms with Crippen LogP contribution in [0.4, 0.5) is 4.79 Å². The predicted molar refractivity (Wildman–Crippen MR) is 178 cm³/mol. The van der Waals surface area contributed by atoms with Gasteiger partial charge in [-0.3, -0.25) is 8.98 Å². The summed E-state index contributed by atoms with van der Waals surface area (Å²) in [6.07, 6.45) is -0.0921. The monoisotopic (exact) mass is 677 g/mol. The van der Waals surface area contributed by atoms with Gasteiger partial charge in [0.1, 0.15) is 41.8 Å². The third-order valence-corrected chi connectivity index (χ3v) is 7.57. The number of rotatable bonds is 14. The summed E-state index contributed by atoms with van der Waals surface area (Å²) in [4.78, 5) is 39.2. The van der Waals surface area contributed by atoms with Gasteiger partial charge in [0.05, 0.1) is 10.8 Å². The van der Waals surface area contributed by atoms with E-state index in [0.717, 1.165) is 11.1 Å². The number of carbonyl (C=O) groups is 3. The number of alkyl carbamates (subject to hydrolysis) is 1. The lowest BCUT2D eigenvalue weighted by molar-refractivity contribution is -0.162. The molecule has 0 bridgehead atoms. The Hall–Kier alpha value is -3.64. The Bertz CT molecular complexity index is 1430. The summed E-state index contributed by atoms with van der Waals surface area (Å²) in [6, 6.07) is 12.4. The molecule has 0 spiro atoms. The molecule has 11 nitrogen and oxygen atoms in total. The van der Waals surface area contributed by atoms with E-state index >= 15 is 0 Å². The van der Waals surface area contributed by atoms with Crippen molar-refractivity contribution in [3.63, 3.8) is 0 Å². The summed E-state index contributed by atoms with van der Waals surface area (Å²) in [5.41, 5.74) is -0.557. The molecular formula is C35H51NO10S. The van der Waals surface area contributed by atoms with E-state index in [1.807, 2.05) is 19.1 Å². The summed E-state index contributed by atoms with van der Waals surface area (Å²) in [6.45, 7) is 17.3. The third kappa shape index (κ3) is 15.7. The second kappa shape index (κ2) is 16.5. The molecule has 2 aromatic rings. The van der Waals surface area contributed by atoms with Gasteiger partial charge in [0, 0.05) is 0 Å². The van der Waals surface area contributed by atoms with Gasteiger partial charge < -0.3 is 24.3 Å². The summed E-state index contributed by atoms with van der Waals surface area (Å²) >= 11 is 0.